The predicted octanol–water partition coefficient (Wildman–Crippen LogP) is 2.66. The van der Waals surface area contributed by atoms with Crippen LogP contribution in [0, 0.1) is 0 Å². The molecule has 0 saturated heterocycles. The summed E-state index contributed by atoms with van der Waals surface area (Å²) in [5, 5.41) is 3.28. The second-order valence-electron chi connectivity index (χ2n) is 2.97. The van der Waals surface area contributed by atoms with E-state index in [1.54, 1.807) is 12.1 Å². The maximum atomic E-state index is 11.4. The molecule has 0 aliphatic carbocycles. The molecule has 4 nitrogen and oxygen atoms in total. The van der Waals surface area contributed by atoms with Crippen LogP contribution < -0.4 is 5.32 Å². The number of esters is 1. The van der Waals surface area contributed by atoms with Gasteiger partial charge in [0.1, 0.15) is 0 Å². The Kier molecular flexibility index (Phi) is 5.00. The first-order chi connectivity index (χ1) is 8.02. The van der Waals surface area contributed by atoms with Crippen LogP contribution in [-0.2, 0) is 14.3 Å². The highest BCUT2D eigenvalue weighted by atomic mass is 35.5. The van der Waals surface area contributed by atoms with Gasteiger partial charge in [-0.25, -0.2) is 4.79 Å². The summed E-state index contributed by atoms with van der Waals surface area (Å²) in [5.41, 5.74) is 0.374. The first-order valence-electron chi connectivity index (χ1n) is 4.55. The van der Waals surface area contributed by atoms with Gasteiger partial charge in [-0.3, -0.25) is 4.79 Å². The number of methoxy groups -OCH3 is 1. The standard InChI is InChI=1S/C11H9Cl2NO3/c1-17-11(16)5-4-10(15)14-9-6-7(12)2-3-8(9)13/h2-6H,1H3,(H,14,15). The maximum absolute atomic E-state index is 11.4. The highest BCUT2D eigenvalue weighted by molar-refractivity contribution is 6.35. The molecule has 0 aliphatic rings. The van der Waals surface area contributed by atoms with Crippen LogP contribution in [0.5, 0.6) is 0 Å². The van der Waals surface area contributed by atoms with Gasteiger partial charge in [-0.1, -0.05) is 23.2 Å². The average molecular weight is 274 g/mol. The molecule has 90 valence electrons. The first kappa shape index (κ1) is 13.5. The maximum Gasteiger partial charge on any atom is 0.330 e. The largest absolute Gasteiger partial charge is 0.466 e. The monoisotopic (exact) mass is 273 g/mol. The minimum absolute atomic E-state index is 0.356. The summed E-state index contributed by atoms with van der Waals surface area (Å²) in [5.74, 6) is -1.11. The van der Waals surface area contributed by atoms with Crippen LogP contribution in [-0.4, -0.2) is 19.0 Å². The third kappa shape index (κ3) is 4.46. The molecule has 17 heavy (non-hydrogen) atoms. The minimum Gasteiger partial charge on any atom is -0.466 e. The molecule has 0 spiro atoms. The summed E-state index contributed by atoms with van der Waals surface area (Å²) >= 11 is 11.6. The second kappa shape index (κ2) is 6.27. The first-order valence-corrected chi connectivity index (χ1v) is 5.30. The lowest BCUT2D eigenvalue weighted by atomic mass is 10.3. The van der Waals surface area contributed by atoms with Gasteiger partial charge in [0.15, 0.2) is 0 Å². The van der Waals surface area contributed by atoms with E-state index in [1.165, 1.54) is 13.2 Å². The van der Waals surface area contributed by atoms with E-state index in [9.17, 15) is 9.59 Å². The highest BCUT2D eigenvalue weighted by Gasteiger charge is 2.04. The van der Waals surface area contributed by atoms with Gasteiger partial charge in [0.2, 0.25) is 5.91 Å². The van der Waals surface area contributed by atoms with E-state index < -0.39 is 11.9 Å². The summed E-state index contributed by atoms with van der Waals surface area (Å²) in [6.45, 7) is 0. The van der Waals surface area contributed by atoms with Crippen molar-refractivity contribution in [3.63, 3.8) is 0 Å². The number of hydrogen-bond donors (Lipinski definition) is 1. The fourth-order valence-electron chi connectivity index (χ4n) is 0.979. The van der Waals surface area contributed by atoms with E-state index in [1.807, 2.05) is 0 Å². The normalized spacial score (nSPS) is 10.3. The summed E-state index contributed by atoms with van der Waals surface area (Å²) in [4.78, 5) is 22.1. The molecule has 0 unspecified atom stereocenters. The number of halogens is 2. The molecule has 1 rings (SSSR count). The number of hydrogen-bond acceptors (Lipinski definition) is 3. The molecule has 0 aromatic heterocycles. The molecular formula is C11H9Cl2NO3. The van der Waals surface area contributed by atoms with Crippen molar-refractivity contribution < 1.29 is 14.3 Å². The number of carbonyl (C=O) groups excluding carboxylic acids is 2. The topological polar surface area (TPSA) is 55.4 Å². The Morgan fingerprint density at radius 2 is 2.00 bits per heavy atom. The Morgan fingerprint density at radius 3 is 2.65 bits per heavy atom. The number of carbonyl (C=O) groups is 2. The molecule has 1 N–H and O–H groups in total. The Hall–Kier alpha value is -1.52. The van der Waals surface area contributed by atoms with E-state index >= 15 is 0 Å². The van der Waals surface area contributed by atoms with Crippen molar-refractivity contribution in [2.24, 2.45) is 0 Å². The zero-order valence-electron chi connectivity index (χ0n) is 8.87. The molecule has 0 radical (unpaired) electrons. The van der Waals surface area contributed by atoms with Crippen molar-refractivity contribution in [1.29, 1.82) is 0 Å². The summed E-state index contributed by atoms with van der Waals surface area (Å²) in [6, 6.07) is 4.67. The van der Waals surface area contributed by atoms with Crippen LogP contribution >= 0.6 is 23.2 Å². The Balaban J connectivity index is 2.71. The van der Waals surface area contributed by atoms with Crippen molar-refractivity contribution in [1.82, 2.24) is 0 Å². The zero-order chi connectivity index (χ0) is 12.8. The van der Waals surface area contributed by atoms with Crippen molar-refractivity contribution in [3.8, 4) is 0 Å². The minimum atomic E-state index is -0.614. The summed E-state index contributed by atoms with van der Waals surface area (Å²) in [7, 11) is 1.22. The molecule has 0 fully saturated rings. The number of nitrogens with one attached hydrogen (secondary N) is 1. The van der Waals surface area contributed by atoms with Crippen molar-refractivity contribution >= 4 is 40.8 Å². The van der Waals surface area contributed by atoms with Crippen LogP contribution in [0.4, 0.5) is 5.69 Å². The number of benzene rings is 1. The van der Waals surface area contributed by atoms with E-state index in [4.69, 9.17) is 23.2 Å². The van der Waals surface area contributed by atoms with Crippen LogP contribution in [0.1, 0.15) is 0 Å². The van der Waals surface area contributed by atoms with Gasteiger partial charge >= 0.3 is 5.97 Å². The van der Waals surface area contributed by atoms with Crippen LogP contribution in [0.25, 0.3) is 0 Å². The smallest absolute Gasteiger partial charge is 0.330 e. The Labute approximate surface area is 108 Å². The Bertz CT molecular complexity index is 472. The SMILES string of the molecule is COC(=O)C=CC(=O)Nc1cc(Cl)ccc1Cl. The van der Waals surface area contributed by atoms with E-state index in [0.717, 1.165) is 12.2 Å². The zero-order valence-corrected chi connectivity index (χ0v) is 10.4. The summed E-state index contributed by atoms with van der Waals surface area (Å²) in [6.07, 6.45) is 2.05. The second-order valence-corrected chi connectivity index (χ2v) is 3.81. The molecule has 0 saturated carbocycles. The van der Waals surface area contributed by atoms with E-state index in [0.29, 0.717) is 15.7 Å². The van der Waals surface area contributed by atoms with Crippen molar-refractivity contribution in [2.75, 3.05) is 12.4 Å². The van der Waals surface area contributed by atoms with Crippen molar-refractivity contribution in [2.45, 2.75) is 0 Å². The highest BCUT2D eigenvalue weighted by Crippen LogP contribution is 2.25. The molecule has 1 amide bonds. The van der Waals surface area contributed by atoms with Crippen LogP contribution in [0.15, 0.2) is 30.4 Å². The molecule has 0 heterocycles. The lowest BCUT2D eigenvalue weighted by Gasteiger charge is -2.04. The Morgan fingerprint density at radius 1 is 1.29 bits per heavy atom. The molecule has 0 bridgehead atoms. The number of amides is 1. The molecule has 1 aromatic rings. The quantitative estimate of drug-likeness (QED) is 0.681. The molecule has 0 atom stereocenters. The molecule has 1 aromatic carbocycles. The molecule has 0 aliphatic heterocycles. The fraction of sp³-hybridized carbons (Fsp3) is 0.0909. The lowest BCUT2D eigenvalue weighted by molar-refractivity contribution is -0.135. The number of ether oxygens (including phenoxy) is 1. The summed E-state index contributed by atoms with van der Waals surface area (Å²) < 4.78 is 4.34. The lowest BCUT2D eigenvalue weighted by Crippen LogP contribution is -2.09. The van der Waals surface area contributed by atoms with Gasteiger partial charge < -0.3 is 10.1 Å². The fourth-order valence-corrected chi connectivity index (χ4v) is 1.32. The van der Waals surface area contributed by atoms with Crippen LogP contribution in [0.3, 0.4) is 0 Å². The third-order valence-corrected chi connectivity index (χ3v) is 2.32. The predicted molar refractivity (Wildman–Crippen MR) is 66.2 cm³/mol. The number of rotatable bonds is 3. The van der Waals surface area contributed by atoms with Gasteiger partial charge in [-0.2, -0.15) is 0 Å². The van der Waals surface area contributed by atoms with E-state index in [-0.39, 0.29) is 0 Å². The molecular weight excluding hydrogens is 265 g/mol. The van der Waals surface area contributed by atoms with Crippen molar-refractivity contribution in [3.05, 3.63) is 40.4 Å². The van der Waals surface area contributed by atoms with Gasteiger partial charge in [0.25, 0.3) is 0 Å². The molecule has 6 heteroatoms. The van der Waals surface area contributed by atoms with Gasteiger partial charge in [-0.15, -0.1) is 0 Å². The van der Waals surface area contributed by atoms with E-state index in [2.05, 4.69) is 10.1 Å². The third-order valence-electron chi connectivity index (χ3n) is 1.76. The van der Waals surface area contributed by atoms with Crippen LogP contribution in [0.2, 0.25) is 10.0 Å². The van der Waals surface area contributed by atoms with Gasteiger partial charge in [-0.05, 0) is 18.2 Å². The van der Waals surface area contributed by atoms with Gasteiger partial charge in [0.05, 0.1) is 17.8 Å². The number of anilines is 1. The van der Waals surface area contributed by atoms with Gasteiger partial charge in [0, 0.05) is 17.2 Å². The average Bonchev–Trinajstić information content (AvgIpc) is 2.30.